The standard InChI is InChI=1S/C21H24N4O5/c1-14-11-17(23-30-14)22-18(26)13-24-7-9-25(10-8-24)20(28)21(2)12-15-5-3-4-6-16(15)19(27)29-21/h3-6,11H,7-10,12-13H2,1-2H3,(H,22,23,26)/t21-/m0/s1. The molecule has 158 valence electrons. The van der Waals surface area contributed by atoms with E-state index in [9.17, 15) is 14.4 Å². The summed E-state index contributed by atoms with van der Waals surface area (Å²) >= 11 is 0. The average molecular weight is 412 g/mol. The maximum atomic E-state index is 13.1. The van der Waals surface area contributed by atoms with Crippen LogP contribution in [-0.2, 0) is 20.7 Å². The number of carbonyl (C=O) groups is 3. The van der Waals surface area contributed by atoms with E-state index in [0.717, 1.165) is 5.56 Å². The molecule has 0 unspecified atom stereocenters. The van der Waals surface area contributed by atoms with Gasteiger partial charge in [0, 0.05) is 38.7 Å². The van der Waals surface area contributed by atoms with E-state index in [1.165, 1.54) is 0 Å². The number of rotatable bonds is 4. The van der Waals surface area contributed by atoms with Crippen molar-refractivity contribution in [2.24, 2.45) is 0 Å². The van der Waals surface area contributed by atoms with Gasteiger partial charge in [0.25, 0.3) is 5.91 Å². The van der Waals surface area contributed by atoms with Crippen molar-refractivity contribution in [2.75, 3.05) is 38.0 Å². The predicted molar refractivity (Wildman–Crippen MR) is 107 cm³/mol. The summed E-state index contributed by atoms with van der Waals surface area (Å²) in [5.74, 6) is 0.155. The number of aryl methyl sites for hydroxylation is 1. The number of piperazine rings is 1. The molecule has 1 saturated heterocycles. The number of hydrogen-bond donors (Lipinski definition) is 1. The molecule has 2 aliphatic heterocycles. The van der Waals surface area contributed by atoms with Crippen LogP contribution in [-0.4, -0.2) is 71.1 Å². The lowest BCUT2D eigenvalue weighted by Crippen LogP contribution is -2.58. The normalized spacial score (nSPS) is 21.7. The topological polar surface area (TPSA) is 105 Å². The van der Waals surface area contributed by atoms with E-state index < -0.39 is 11.6 Å². The first-order valence-electron chi connectivity index (χ1n) is 9.90. The second-order valence-electron chi connectivity index (χ2n) is 7.89. The highest BCUT2D eigenvalue weighted by Crippen LogP contribution is 2.30. The summed E-state index contributed by atoms with van der Waals surface area (Å²) in [6.07, 6.45) is 0.355. The van der Waals surface area contributed by atoms with Gasteiger partial charge in [-0.2, -0.15) is 0 Å². The Morgan fingerprint density at radius 3 is 2.63 bits per heavy atom. The van der Waals surface area contributed by atoms with Gasteiger partial charge in [-0.15, -0.1) is 0 Å². The van der Waals surface area contributed by atoms with Crippen LogP contribution >= 0.6 is 0 Å². The molecule has 1 aromatic heterocycles. The number of nitrogens with one attached hydrogen (secondary N) is 1. The maximum Gasteiger partial charge on any atom is 0.339 e. The second-order valence-corrected chi connectivity index (χ2v) is 7.89. The molecule has 1 aromatic carbocycles. The monoisotopic (exact) mass is 412 g/mol. The minimum absolute atomic E-state index is 0.187. The molecule has 0 spiro atoms. The third-order valence-corrected chi connectivity index (χ3v) is 5.46. The summed E-state index contributed by atoms with van der Waals surface area (Å²) in [6.45, 7) is 5.65. The minimum Gasteiger partial charge on any atom is -0.445 e. The van der Waals surface area contributed by atoms with Crippen molar-refractivity contribution in [3.63, 3.8) is 0 Å². The van der Waals surface area contributed by atoms with Gasteiger partial charge in [-0.05, 0) is 25.5 Å². The number of anilines is 1. The van der Waals surface area contributed by atoms with Crippen LogP contribution in [0.2, 0.25) is 0 Å². The third kappa shape index (κ3) is 4.06. The molecule has 0 radical (unpaired) electrons. The van der Waals surface area contributed by atoms with Crippen molar-refractivity contribution in [3.8, 4) is 0 Å². The fraction of sp³-hybridized carbons (Fsp3) is 0.429. The second kappa shape index (κ2) is 7.91. The highest BCUT2D eigenvalue weighted by Gasteiger charge is 2.45. The number of nitrogens with zero attached hydrogens (tertiary/aromatic N) is 3. The van der Waals surface area contributed by atoms with Crippen molar-refractivity contribution < 1.29 is 23.6 Å². The molecule has 3 heterocycles. The van der Waals surface area contributed by atoms with E-state index in [4.69, 9.17) is 9.26 Å². The van der Waals surface area contributed by atoms with Crippen molar-refractivity contribution in [3.05, 3.63) is 47.2 Å². The van der Waals surface area contributed by atoms with Crippen LogP contribution in [0, 0.1) is 6.92 Å². The van der Waals surface area contributed by atoms with Gasteiger partial charge in [-0.1, -0.05) is 23.4 Å². The first-order chi connectivity index (χ1) is 14.3. The summed E-state index contributed by atoms with van der Waals surface area (Å²) in [6, 6.07) is 8.86. The van der Waals surface area contributed by atoms with Gasteiger partial charge >= 0.3 is 5.97 Å². The molecule has 9 nitrogen and oxygen atoms in total. The van der Waals surface area contributed by atoms with E-state index in [1.54, 1.807) is 36.9 Å². The number of hydrogen-bond acceptors (Lipinski definition) is 7. The minimum atomic E-state index is -1.21. The zero-order chi connectivity index (χ0) is 21.3. The number of cyclic esters (lactones) is 1. The van der Waals surface area contributed by atoms with E-state index in [2.05, 4.69) is 10.5 Å². The molecule has 2 aliphatic rings. The molecular formula is C21H24N4O5. The number of fused-ring (bicyclic) bond motifs is 1. The van der Waals surface area contributed by atoms with Crippen LogP contribution in [0.4, 0.5) is 5.82 Å². The molecular weight excluding hydrogens is 388 g/mol. The molecule has 1 N–H and O–H groups in total. The summed E-state index contributed by atoms with van der Waals surface area (Å²) in [7, 11) is 0. The van der Waals surface area contributed by atoms with E-state index in [0.29, 0.717) is 49.7 Å². The SMILES string of the molecule is Cc1cc(NC(=O)CN2CCN(C(=O)[C@]3(C)Cc4ccccc4C(=O)O3)CC2)no1. The first-order valence-corrected chi connectivity index (χ1v) is 9.90. The zero-order valence-corrected chi connectivity index (χ0v) is 17.0. The third-order valence-electron chi connectivity index (χ3n) is 5.46. The first kappa shape index (κ1) is 20.1. The molecule has 0 bridgehead atoms. The maximum absolute atomic E-state index is 13.1. The Morgan fingerprint density at radius 1 is 1.20 bits per heavy atom. The number of esters is 1. The summed E-state index contributed by atoms with van der Waals surface area (Å²) in [5.41, 5.74) is 0.124. The van der Waals surface area contributed by atoms with Crippen molar-refractivity contribution >= 4 is 23.6 Å². The van der Waals surface area contributed by atoms with Crippen LogP contribution in [0.25, 0.3) is 0 Å². The largest absolute Gasteiger partial charge is 0.445 e. The van der Waals surface area contributed by atoms with Crippen LogP contribution in [0.15, 0.2) is 34.9 Å². The molecule has 0 aliphatic carbocycles. The van der Waals surface area contributed by atoms with Gasteiger partial charge in [0.15, 0.2) is 11.4 Å². The molecule has 4 rings (SSSR count). The highest BCUT2D eigenvalue weighted by atomic mass is 16.6. The Bertz CT molecular complexity index is 979. The number of amides is 2. The molecule has 2 aromatic rings. The average Bonchev–Trinajstić information content (AvgIpc) is 3.12. The Kier molecular flexibility index (Phi) is 5.29. The molecule has 0 saturated carbocycles. The van der Waals surface area contributed by atoms with E-state index >= 15 is 0 Å². The zero-order valence-electron chi connectivity index (χ0n) is 17.0. The van der Waals surface area contributed by atoms with Crippen LogP contribution < -0.4 is 5.32 Å². The van der Waals surface area contributed by atoms with Crippen LogP contribution in [0.5, 0.6) is 0 Å². The number of aromatic nitrogens is 1. The van der Waals surface area contributed by atoms with Crippen molar-refractivity contribution in [1.29, 1.82) is 0 Å². The quantitative estimate of drug-likeness (QED) is 0.753. The van der Waals surface area contributed by atoms with Gasteiger partial charge in [-0.3, -0.25) is 14.5 Å². The number of ether oxygens (including phenoxy) is 1. The fourth-order valence-corrected chi connectivity index (χ4v) is 3.91. The summed E-state index contributed by atoms with van der Waals surface area (Å²) in [5, 5.41) is 6.44. The molecule has 1 atom stereocenters. The van der Waals surface area contributed by atoms with Gasteiger partial charge in [-0.25, -0.2) is 4.79 Å². The molecule has 1 fully saturated rings. The van der Waals surface area contributed by atoms with E-state index in [1.807, 2.05) is 17.0 Å². The van der Waals surface area contributed by atoms with Crippen LogP contribution in [0.1, 0.15) is 28.6 Å². The summed E-state index contributed by atoms with van der Waals surface area (Å²) < 4.78 is 10.5. The lowest BCUT2D eigenvalue weighted by molar-refractivity contribution is -0.153. The lowest BCUT2D eigenvalue weighted by Gasteiger charge is -2.40. The van der Waals surface area contributed by atoms with Gasteiger partial charge in [0.2, 0.25) is 5.91 Å². The Labute approximate surface area is 173 Å². The molecule has 30 heavy (non-hydrogen) atoms. The Morgan fingerprint density at radius 2 is 1.93 bits per heavy atom. The summed E-state index contributed by atoms with van der Waals surface area (Å²) in [4.78, 5) is 41.3. The number of benzene rings is 1. The smallest absolute Gasteiger partial charge is 0.339 e. The van der Waals surface area contributed by atoms with Crippen molar-refractivity contribution in [2.45, 2.75) is 25.9 Å². The fourth-order valence-electron chi connectivity index (χ4n) is 3.91. The van der Waals surface area contributed by atoms with Gasteiger partial charge in [0.1, 0.15) is 5.76 Å². The molecule has 2 amide bonds. The van der Waals surface area contributed by atoms with Crippen molar-refractivity contribution in [1.82, 2.24) is 15.0 Å². The van der Waals surface area contributed by atoms with E-state index in [-0.39, 0.29) is 18.4 Å². The highest BCUT2D eigenvalue weighted by molar-refractivity contribution is 5.97. The molecule has 9 heteroatoms. The Hall–Kier alpha value is -3.20. The Balaban J connectivity index is 1.32. The van der Waals surface area contributed by atoms with Crippen LogP contribution in [0.3, 0.4) is 0 Å². The van der Waals surface area contributed by atoms with Gasteiger partial charge < -0.3 is 19.5 Å². The predicted octanol–water partition coefficient (Wildman–Crippen LogP) is 1.24. The van der Waals surface area contributed by atoms with Gasteiger partial charge in [0.05, 0.1) is 12.1 Å². The lowest BCUT2D eigenvalue weighted by atomic mass is 9.88. The number of carbonyl (C=O) groups excluding carboxylic acids is 3.